The van der Waals surface area contributed by atoms with Gasteiger partial charge in [0.25, 0.3) is 0 Å². The highest BCUT2D eigenvalue weighted by Crippen LogP contribution is 2.30. The van der Waals surface area contributed by atoms with Crippen molar-refractivity contribution in [3.63, 3.8) is 0 Å². The van der Waals surface area contributed by atoms with Gasteiger partial charge in [-0.05, 0) is 18.6 Å². The summed E-state index contributed by atoms with van der Waals surface area (Å²) in [4.78, 5) is 28.9. The molecule has 1 N–H and O–H groups in total. The molecule has 4 rings (SSSR count). The maximum atomic E-state index is 12.8. The van der Waals surface area contributed by atoms with Crippen molar-refractivity contribution >= 4 is 34.4 Å². The normalized spacial score (nSPS) is 17.3. The fourth-order valence-corrected chi connectivity index (χ4v) is 3.70. The van der Waals surface area contributed by atoms with Crippen molar-refractivity contribution in [2.24, 2.45) is 0 Å². The SMILES string of the molecule is CC(C)(C)c1nc(N2CCC(O)C2)c2ncn(CC(=O)c3ccccc3Cl)c2n1. The molecular formula is C21H24ClN5O2. The first-order chi connectivity index (χ1) is 13.7. The Hall–Kier alpha value is -2.51. The van der Waals surface area contributed by atoms with Crippen molar-refractivity contribution in [1.29, 1.82) is 0 Å². The van der Waals surface area contributed by atoms with E-state index in [1.165, 1.54) is 0 Å². The number of imidazole rings is 1. The van der Waals surface area contributed by atoms with E-state index in [2.05, 4.69) is 4.98 Å². The molecule has 1 saturated heterocycles. The van der Waals surface area contributed by atoms with Crippen LogP contribution in [-0.2, 0) is 12.0 Å². The van der Waals surface area contributed by atoms with Crippen LogP contribution in [0, 0.1) is 0 Å². The number of Topliss-reactive ketones (excluding diaryl/α,β-unsaturated/α-hetero) is 1. The van der Waals surface area contributed by atoms with E-state index in [0.29, 0.717) is 52.9 Å². The van der Waals surface area contributed by atoms with E-state index in [4.69, 9.17) is 21.6 Å². The Morgan fingerprint density at radius 2 is 2.03 bits per heavy atom. The minimum atomic E-state index is -0.373. The van der Waals surface area contributed by atoms with Crippen molar-refractivity contribution in [3.05, 3.63) is 47.0 Å². The van der Waals surface area contributed by atoms with Crippen LogP contribution in [-0.4, -0.2) is 49.6 Å². The molecule has 0 spiro atoms. The number of rotatable bonds is 4. The molecular weight excluding hydrogens is 390 g/mol. The molecule has 2 aromatic heterocycles. The van der Waals surface area contributed by atoms with Gasteiger partial charge in [0.05, 0.1) is 24.0 Å². The van der Waals surface area contributed by atoms with Gasteiger partial charge in [-0.2, -0.15) is 0 Å². The first kappa shape index (κ1) is 19.8. The van der Waals surface area contributed by atoms with Gasteiger partial charge in [0.1, 0.15) is 5.82 Å². The number of aliphatic hydroxyl groups is 1. The maximum Gasteiger partial charge on any atom is 0.184 e. The third-order valence-corrected chi connectivity index (χ3v) is 5.40. The predicted molar refractivity (Wildman–Crippen MR) is 113 cm³/mol. The van der Waals surface area contributed by atoms with E-state index in [0.717, 1.165) is 0 Å². The van der Waals surface area contributed by atoms with Crippen LogP contribution in [0.1, 0.15) is 43.4 Å². The molecule has 1 atom stereocenters. The summed E-state index contributed by atoms with van der Waals surface area (Å²) in [7, 11) is 0. The van der Waals surface area contributed by atoms with Crippen LogP contribution in [0.25, 0.3) is 11.2 Å². The molecule has 1 fully saturated rings. The second-order valence-corrected chi connectivity index (χ2v) is 8.86. The van der Waals surface area contributed by atoms with Gasteiger partial charge in [-0.1, -0.05) is 44.5 Å². The highest BCUT2D eigenvalue weighted by Gasteiger charge is 2.28. The molecule has 0 saturated carbocycles. The molecule has 3 heterocycles. The van der Waals surface area contributed by atoms with Crippen LogP contribution >= 0.6 is 11.6 Å². The molecule has 0 amide bonds. The molecule has 0 aliphatic carbocycles. The number of ketones is 1. The van der Waals surface area contributed by atoms with E-state index in [9.17, 15) is 9.90 Å². The van der Waals surface area contributed by atoms with Crippen LogP contribution < -0.4 is 4.90 Å². The quantitative estimate of drug-likeness (QED) is 0.661. The van der Waals surface area contributed by atoms with Crippen LogP contribution in [0.5, 0.6) is 0 Å². The average molecular weight is 414 g/mol. The number of aromatic nitrogens is 4. The smallest absolute Gasteiger partial charge is 0.184 e. The lowest BCUT2D eigenvalue weighted by molar-refractivity contribution is 0.0973. The van der Waals surface area contributed by atoms with Gasteiger partial charge in [-0.3, -0.25) is 4.79 Å². The summed E-state index contributed by atoms with van der Waals surface area (Å²) in [5, 5.41) is 10.4. The number of β-amino-alcohol motifs (C(OH)–C–C–N with tert-alkyl or cyclic N) is 1. The van der Waals surface area contributed by atoms with Crippen LogP contribution in [0.2, 0.25) is 5.02 Å². The highest BCUT2D eigenvalue weighted by molar-refractivity contribution is 6.33. The number of carbonyl (C=O) groups is 1. The topological polar surface area (TPSA) is 84.1 Å². The molecule has 8 heteroatoms. The number of fused-ring (bicyclic) bond motifs is 1. The van der Waals surface area contributed by atoms with Crippen molar-refractivity contribution in [3.8, 4) is 0 Å². The zero-order valence-corrected chi connectivity index (χ0v) is 17.5. The lowest BCUT2D eigenvalue weighted by Crippen LogP contribution is -2.25. The Bertz CT molecular complexity index is 1070. The number of anilines is 1. The minimum absolute atomic E-state index is 0.0862. The second-order valence-electron chi connectivity index (χ2n) is 8.46. The Morgan fingerprint density at radius 1 is 1.28 bits per heavy atom. The fraction of sp³-hybridized carbons (Fsp3) is 0.429. The number of hydrogen-bond acceptors (Lipinski definition) is 6. The summed E-state index contributed by atoms with van der Waals surface area (Å²) in [5.74, 6) is 1.28. The number of nitrogens with zero attached hydrogens (tertiary/aromatic N) is 5. The van der Waals surface area contributed by atoms with Gasteiger partial charge in [-0.25, -0.2) is 15.0 Å². The summed E-state index contributed by atoms with van der Waals surface area (Å²) in [6.45, 7) is 7.46. The molecule has 1 aromatic carbocycles. The summed E-state index contributed by atoms with van der Waals surface area (Å²) in [6, 6.07) is 7.01. The fourth-order valence-electron chi connectivity index (χ4n) is 3.46. The first-order valence-electron chi connectivity index (χ1n) is 9.68. The van der Waals surface area contributed by atoms with E-state index < -0.39 is 0 Å². The van der Waals surface area contributed by atoms with Crippen molar-refractivity contribution in [2.45, 2.75) is 45.3 Å². The van der Waals surface area contributed by atoms with Gasteiger partial charge >= 0.3 is 0 Å². The van der Waals surface area contributed by atoms with Gasteiger partial charge in [0.15, 0.2) is 22.8 Å². The van der Waals surface area contributed by atoms with E-state index in [1.807, 2.05) is 25.7 Å². The van der Waals surface area contributed by atoms with Crippen LogP contribution in [0.3, 0.4) is 0 Å². The predicted octanol–water partition coefficient (Wildman–Crippen LogP) is 3.23. The van der Waals surface area contributed by atoms with Gasteiger partial charge in [-0.15, -0.1) is 0 Å². The van der Waals surface area contributed by atoms with Gasteiger partial charge in [0.2, 0.25) is 0 Å². The Labute approximate surface area is 174 Å². The Balaban J connectivity index is 1.78. The van der Waals surface area contributed by atoms with Crippen LogP contribution in [0.4, 0.5) is 5.82 Å². The van der Waals surface area contributed by atoms with Crippen molar-refractivity contribution in [2.75, 3.05) is 18.0 Å². The molecule has 1 aliphatic rings. The zero-order valence-electron chi connectivity index (χ0n) is 16.8. The molecule has 3 aromatic rings. The zero-order chi connectivity index (χ0) is 20.8. The first-order valence-corrected chi connectivity index (χ1v) is 10.1. The van der Waals surface area contributed by atoms with E-state index >= 15 is 0 Å². The number of aliphatic hydroxyl groups excluding tert-OH is 1. The molecule has 1 aliphatic heterocycles. The highest BCUT2D eigenvalue weighted by atomic mass is 35.5. The average Bonchev–Trinajstić information content (AvgIpc) is 3.27. The molecule has 152 valence electrons. The van der Waals surface area contributed by atoms with Gasteiger partial charge in [0, 0.05) is 24.1 Å². The number of carbonyl (C=O) groups excluding carboxylic acids is 1. The molecule has 7 nitrogen and oxygen atoms in total. The van der Waals surface area contributed by atoms with E-state index in [-0.39, 0.29) is 23.8 Å². The third-order valence-electron chi connectivity index (χ3n) is 5.07. The number of hydrogen-bond donors (Lipinski definition) is 1. The number of halogens is 1. The monoisotopic (exact) mass is 413 g/mol. The molecule has 0 bridgehead atoms. The largest absolute Gasteiger partial charge is 0.391 e. The standard InChI is InChI=1S/C21H24ClN5O2/c1-21(2,3)20-24-18(26-9-8-13(28)10-26)17-19(25-20)27(12-23-17)11-16(29)14-6-4-5-7-15(14)22/h4-7,12-13,28H,8-11H2,1-3H3. The second kappa shape index (κ2) is 7.39. The summed E-state index contributed by atoms with van der Waals surface area (Å²) in [6.07, 6.45) is 1.94. The Kier molecular flexibility index (Phi) is 5.04. The third kappa shape index (κ3) is 3.84. The lowest BCUT2D eigenvalue weighted by atomic mass is 9.96. The van der Waals surface area contributed by atoms with E-state index in [1.54, 1.807) is 35.2 Å². The molecule has 0 radical (unpaired) electrons. The summed E-state index contributed by atoms with van der Waals surface area (Å²) < 4.78 is 1.74. The maximum absolute atomic E-state index is 12.8. The summed E-state index contributed by atoms with van der Waals surface area (Å²) in [5.41, 5.74) is 1.45. The molecule has 29 heavy (non-hydrogen) atoms. The number of benzene rings is 1. The Morgan fingerprint density at radius 3 is 2.69 bits per heavy atom. The minimum Gasteiger partial charge on any atom is -0.391 e. The van der Waals surface area contributed by atoms with Crippen molar-refractivity contribution in [1.82, 2.24) is 19.5 Å². The van der Waals surface area contributed by atoms with Crippen LogP contribution in [0.15, 0.2) is 30.6 Å². The lowest BCUT2D eigenvalue weighted by Gasteiger charge is -2.22. The van der Waals surface area contributed by atoms with Gasteiger partial charge < -0.3 is 14.6 Å². The van der Waals surface area contributed by atoms with Crippen molar-refractivity contribution < 1.29 is 9.90 Å². The molecule has 1 unspecified atom stereocenters. The summed E-state index contributed by atoms with van der Waals surface area (Å²) >= 11 is 6.19.